The fourth-order valence-corrected chi connectivity index (χ4v) is 3.33. The van der Waals surface area contributed by atoms with Gasteiger partial charge < -0.3 is 19.5 Å². The molecule has 2 unspecified atom stereocenters. The van der Waals surface area contributed by atoms with Gasteiger partial charge in [-0.15, -0.1) is 0 Å². The highest BCUT2D eigenvalue weighted by Crippen LogP contribution is 2.36. The average molecular weight is 291 g/mol. The third-order valence-electron chi connectivity index (χ3n) is 4.39. The van der Waals surface area contributed by atoms with Crippen LogP contribution < -0.4 is 14.8 Å². The van der Waals surface area contributed by atoms with Gasteiger partial charge in [-0.1, -0.05) is 0 Å². The van der Waals surface area contributed by atoms with Gasteiger partial charge in [0.1, 0.15) is 11.5 Å². The van der Waals surface area contributed by atoms with E-state index in [4.69, 9.17) is 14.2 Å². The molecule has 2 aliphatic rings. The van der Waals surface area contributed by atoms with Crippen molar-refractivity contribution in [3.05, 3.63) is 23.8 Å². The Balaban J connectivity index is 1.75. The number of hydrogen-bond donors (Lipinski definition) is 1. The zero-order valence-electron chi connectivity index (χ0n) is 13.1. The van der Waals surface area contributed by atoms with Gasteiger partial charge in [-0.3, -0.25) is 0 Å². The van der Waals surface area contributed by atoms with Gasteiger partial charge >= 0.3 is 0 Å². The van der Waals surface area contributed by atoms with Crippen molar-refractivity contribution < 1.29 is 14.2 Å². The fourth-order valence-electron chi connectivity index (χ4n) is 3.33. The highest BCUT2D eigenvalue weighted by atomic mass is 16.5. The molecular formula is C17H25NO3. The Labute approximate surface area is 126 Å². The summed E-state index contributed by atoms with van der Waals surface area (Å²) in [6.07, 6.45) is 3.11. The Morgan fingerprint density at radius 1 is 1.24 bits per heavy atom. The van der Waals surface area contributed by atoms with E-state index in [0.717, 1.165) is 44.0 Å². The smallest absolute Gasteiger partial charge is 0.124 e. The highest BCUT2D eigenvalue weighted by Gasteiger charge is 2.31. The van der Waals surface area contributed by atoms with Gasteiger partial charge in [-0.05, 0) is 44.9 Å². The zero-order valence-corrected chi connectivity index (χ0v) is 13.1. The largest absolute Gasteiger partial charge is 0.497 e. The summed E-state index contributed by atoms with van der Waals surface area (Å²) >= 11 is 0. The second-order valence-electron chi connectivity index (χ2n) is 6.56. The topological polar surface area (TPSA) is 39.7 Å². The lowest BCUT2D eigenvalue weighted by Crippen LogP contribution is -2.45. The Morgan fingerprint density at radius 3 is 2.86 bits per heavy atom. The van der Waals surface area contributed by atoms with Crippen molar-refractivity contribution in [1.82, 2.24) is 5.32 Å². The molecule has 0 aliphatic carbocycles. The highest BCUT2D eigenvalue weighted by molar-refractivity contribution is 5.43. The molecule has 0 saturated carbocycles. The third kappa shape index (κ3) is 3.33. The van der Waals surface area contributed by atoms with Crippen LogP contribution in [-0.2, 0) is 4.74 Å². The molecular weight excluding hydrogens is 266 g/mol. The Morgan fingerprint density at radius 2 is 2.10 bits per heavy atom. The molecule has 2 heterocycles. The molecule has 0 aromatic heterocycles. The van der Waals surface area contributed by atoms with Crippen LogP contribution in [0.5, 0.6) is 11.5 Å². The van der Waals surface area contributed by atoms with Crippen LogP contribution in [0.15, 0.2) is 18.2 Å². The van der Waals surface area contributed by atoms with Crippen molar-refractivity contribution in [1.29, 1.82) is 0 Å². The van der Waals surface area contributed by atoms with E-state index in [-0.39, 0.29) is 5.60 Å². The second-order valence-corrected chi connectivity index (χ2v) is 6.56. The number of benzene rings is 1. The van der Waals surface area contributed by atoms with Crippen LogP contribution in [0.25, 0.3) is 0 Å². The summed E-state index contributed by atoms with van der Waals surface area (Å²) < 4.78 is 16.9. The lowest BCUT2D eigenvalue weighted by Gasteiger charge is -2.38. The van der Waals surface area contributed by atoms with Crippen molar-refractivity contribution >= 4 is 0 Å². The maximum absolute atomic E-state index is 5.81. The molecule has 0 spiro atoms. The van der Waals surface area contributed by atoms with E-state index in [1.807, 2.05) is 12.1 Å². The van der Waals surface area contributed by atoms with E-state index in [0.29, 0.717) is 12.1 Å². The Kier molecular flexibility index (Phi) is 4.09. The summed E-state index contributed by atoms with van der Waals surface area (Å²) in [7, 11) is 1.70. The van der Waals surface area contributed by atoms with Crippen LogP contribution in [0.1, 0.15) is 44.7 Å². The van der Waals surface area contributed by atoms with Crippen molar-refractivity contribution in [3.8, 4) is 11.5 Å². The number of rotatable bonds is 3. The van der Waals surface area contributed by atoms with Gasteiger partial charge in [-0.25, -0.2) is 0 Å². The molecule has 116 valence electrons. The van der Waals surface area contributed by atoms with Gasteiger partial charge in [0.05, 0.1) is 19.3 Å². The van der Waals surface area contributed by atoms with Gasteiger partial charge in [0.15, 0.2) is 0 Å². The van der Waals surface area contributed by atoms with Crippen molar-refractivity contribution in [2.75, 3.05) is 20.3 Å². The Hall–Kier alpha value is -1.26. The summed E-state index contributed by atoms with van der Waals surface area (Å²) in [5, 5.41) is 3.81. The van der Waals surface area contributed by atoms with Crippen LogP contribution in [-0.4, -0.2) is 32.0 Å². The number of methoxy groups -OCH3 is 1. The standard InChI is InChI=1S/C17H25NO3/c1-17(2)11-12(6-9-21-17)18-15-7-8-20-16-5-4-13(19-3)10-14(15)16/h4-5,10,12,15,18H,6-9,11H2,1-3H3. The first-order chi connectivity index (χ1) is 10.1. The van der Waals surface area contributed by atoms with Crippen LogP contribution in [0, 0.1) is 0 Å². The number of hydrogen-bond acceptors (Lipinski definition) is 4. The summed E-state index contributed by atoms with van der Waals surface area (Å²) in [4.78, 5) is 0. The molecule has 1 fully saturated rings. The van der Waals surface area contributed by atoms with E-state index in [2.05, 4.69) is 25.2 Å². The number of nitrogens with one attached hydrogen (secondary N) is 1. The lowest BCUT2D eigenvalue weighted by atomic mass is 9.91. The average Bonchev–Trinajstić information content (AvgIpc) is 2.46. The molecule has 2 atom stereocenters. The molecule has 1 saturated heterocycles. The predicted molar refractivity (Wildman–Crippen MR) is 82.0 cm³/mol. The van der Waals surface area contributed by atoms with Crippen LogP contribution in [0.2, 0.25) is 0 Å². The minimum atomic E-state index is -0.0295. The van der Waals surface area contributed by atoms with E-state index < -0.39 is 0 Å². The molecule has 0 radical (unpaired) electrons. The first-order valence-electron chi connectivity index (χ1n) is 7.78. The van der Waals surface area contributed by atoms with Gasteiger partial charge in [0.2, 0.25) is 0 Å². The molecule has 1 aromatic rings. The molecule has 1 aromatic carbocycles. The summed E-state index contributed by atoms with van der Waals surface area (Å²) in [5.41, 5.74) is 1.18. The lowest BCUT2D eigenvalue weighted by molar-refractivity contribution is -0.0646. The summed E-state index contributed by atoms with van der Waals surface area (Å²) in [6.45, 7) is 5.94. The molecule has 0 amide bonds. The minimum absolute atomic E-state index is 0.0295. The third-order valence-corrected chi connectivity index (χ3v) is 4.39. The number of ether oxygens (including phenoxy) is 3. The molecule has 21 heavy (non-hydrogen) atoms. The fraction of sp³-hybridized carbons (Fsp3) is 0.647. The maximum atomic E-state index is 5.81. The molecule has 1 N–H and O–H groups in total. The normalized spacial score (nSPS) is 27.6. The molecule has 4 heteroatoms. The minimum Gasteiger partial charge on any atom is -0.497 e. The predicted octanol–water partition coefficient (Wildman–Crippen LogP) is 3.07. The SMILES string of the molecule is COc1ccc2c(c1)C(NC1CCOC(C)(C)C1)CCO2. The summed E-state index contributed by atoms with van der Waals surface area (Å²) in [6, 6.07) is 6.89. The van der Waals surface area contributed by atoms with E-state index >= 15 is 0 Å². The quantitative estimate of drug-likeness (QED) is 0.929. The van der Waals surface area contributed by atoms with Crippen molar-refractivity contribution in [2.45, 2.75) is 50.8 Å². The van der Waals surface area contributed by atoms with Gasteiger partial charge in [0.25, 0.3) is 0 Å². The zero-order chi connectivity index (χ0) is 14.9. The molecule has 2 aliphatic heterocycles. The second kappa shape index (κ2) is 5.85. The van der Waals surface area contributed by atoms with Crippen LogP contribution in [0.4, 0.5) is 0 Å². The van der Waals surface area contributed by atoms with E-state index in [9.17, 15) is 0 Å². The first-order valence-corrected chi connectivity index (χ1v) is 7.78. The Bertz CT molecular complexity index is 501. The van der Waals surface area contributed by atoms with Crippen LogP contribution in [0.3, 0.4) is 0 Å². The van der Waals surface area contributed by atoms with Gasteiger partial charge in [0, 0.05) is 30.7 Å². The molecule has 0 bridgehead atoms. The van der Waals surface area contributed by atoms with Crippen molar-refractivity contribution in [2.24, 2.45) is 0 Å². The number of fused-ring (bicyclic) bond motifs is 1. The maximum Gasteiger partial charge on any atom is 0.124 e. The van der Waals surface area contributed by atoms with E-state index in [1.165, 1.54) is 5.56 Å². The van der Waals surface area contributed by atoms with E-state index in [1.54, 1.807) is 7.11 Å². The first kappa shape index (κ1) is 14.7. The monoisotopic (exact) mass is 291 g/mol. The van der Waals surface area contributed by atoms with Crippen molar-refractivity contribution in [3.63, 3.8) is 0 Å². The molecule has 4 nitrogen and oxygen atoms in total. The van der Waals surface area contributed by atoms with Gasteiger partial charge in [-0.2, -0.15) is 0 Å². The summed E-state index contributed by atoms with van der Waals surface area (Å²) in [5.74, 6) is 1.87. The van der Waals surface area contributed by atoms with Crippen LogP contribution >= 0.6 is 0 Å². The molecule has 3 rings (SSSR count).